The largest absolute Gasteiger partial charge is 0.573 e. The third kappa shape index (κ3) is 4.79. The minimum atomic E-state index is -5.07. The highest BCUT2D eigenvalue weighted by molar-refractivity contribution is 6.06. The van der Waals surface area contributed by atoms with E-state index in [1.807, 2.05) is 6.07 Å². The molecule has 2 aromatic rings. The van der Waals surface area contributed by atoms with Crippen LogP contribution in [0.15, 0.2) is 71.2 Å². The van der Waals surface area contributed by atoms with Gasteiger partial charge in [-0.15, -0.1) is 13.2 Å². The molecule has 1 aliphatic heterocycles. The molecule has 3 rings (SSSR count). The second kappa shape index (κ2) is 10.1. The van der Waals surface area contributed by atoms with Crippen molar-refractivity contribution in [1.29, 1.82) is 10.5 Å². The number of nitrogens with zero attached hydrogens (tertiary/aromatic N) is 3. The molecular formula is C24H17F3N4O5. The number of allylic oxidation sites excluding steroid dienone is 1. The van der Waals surface area contributed by atoms with Crippen molar-refractivity contribution in [3.63, 3.8) is 0 Å². The molecule has 12 heteroatoms. The van der Waals surface area contributed by atoms with Crippen LogP contribution in [-0.2, 0) is 19.1 Å². The Hall–Kier alpha value is -4.97. The van der Waals surface area contributed by atoms with E-state index in [9.17, 15) is 33.3 Å². The molecule has 2 N–H and O–H groups in total. The number of nitriles is 2. The van der Waals surface area contributed by atoms with E-state index in [0.29, 0.717) is 5.56 Å². The fourth-order valence-corrected chi connectivity index (χ4v) is 3.75. The molecule has 0 saturated heterocycles. The Bertz CT molecular complexity index is 1350. The molecule has 1 atom stereocenters. The van der Waals surface area contributed by atoms with Crippen molar-refractivity contribution in [2.75, 3.05) is 19.1 Å². The third-order valence-electron chi connectivity index (χ3n) is 5.17. The summed E-state index contributed by atoms with van der Waals surface area (Å²) in [5, 5.41) is 19.6. The number of hydrogen-bond donors (Lipinski definition) is 1. The summed E-state index contributed by atoms with van der Waals surface area (Å²) < 4.78 is 52.3. The molecule has 0 saturated carbocycles. The molecule has 0 amide bonds. The minimum absolute atomic E-state index is 0.222. The quantitative estimate of drug-likeness (QED) is 0.615. The molecule has 0 fully saturated rings. The van der Waals surface area contributed by atoms with E-state index < -0.39 is 41.5 Å². The number of halogens is 3. The molecular weight excluding hydrogens is 481 g/mol. The topological polar surface area (TPSA) is 139 Å². The fraction of sp³-hybridized carbons (Fsp3) is 0.167. The molecule has 9 nitrogen and oxygen atoms in total. The lowest BCUT2D eigenvalue weighted by Gasteiger charge is -2.36. The summed E-state index contributed by atoms with van der Waals surface area (Å²) in [5.74, 6) is -4.50. The number of hydrogen-bond acceptors (Lipinski definition) is 9. The zero-order valence-electron chi connectivity index (χ0n) is 18.8. The Kier molecular flexibility index (Phi) is 7.20. The predicted molar refractivity (Wildman–Crippen MR) is 117 cm³/mol. The van der Waals surface area contributed by atoms with Gasteiger partial charge < -0.3 is 19.9 Å². The average molecular weight is 498 g/mol. The fourth-order valence-electron chi connectivity index (χ4n) is 3.75. The lowest BCUT2D eigenvalue weighted by Crippen LogP contribution is -2.41. The molecule has 184 valence electrons. The molecule has 1 unspecified atom stereocenters. The van der Waals surface area contributed by atoms with Crippen LogP contribution < -0.4 is 15.4 Å². The van der Waals surface area contributed by atoms with Gasteiger partial charge in [0.1, 0.15) is 23.3 Å². The Morgan fingerprint density at radius 3 is 2.17 bits per heavy atom. The van der Waals surface area contributed by atoms with Crippen LogP contribution in [0, 0.1) is 22.7 Å². The number of carbonyl (C=O) groups excluding carboxylic acids is 2. The highest BCUT2D eigenvalue weighted by atomic mass is 19.4. The van der Waals surface area contributed by atoms with Gasteiger partial charge in [0.15, 0.2) is 0 Å². The first kappa shape index (κ1) is 25.6. The summed E-state index contributed by atoms with van der Waals surface area (Å²) in [6.07, 6.45) is -5.07. The van der Waals surface area contributed by atoms with Crippen LogP contribution in [0.25, 0.3) is 0 Å². The van der Waals surface area contributed by atoms with E-state index in [-0.39, 0.29) is 22.4 Å². The number of benzene rings is 2. The maximum absolute atomic E-state index is 13.0. The van der Waals surface area contributed by atoms with Crippen LogP contribution in [0.1, 0.15) is 17.0 Å². The number of ether oxygens (including phenoxy) is 3. The molecule has 0 spiro atoms. The van der Waals surface area contributed by atoms with E-state index in [1.54, 1.807) is 36.4 Å². The van der Waals surface area contributed by atoms with Gasteiger partial charge in [0, 0.05) is 6.07 Å². The van der Waals surface area contributed by atoms with Crippen LogP contribution in [0.5, 0.6) is 5.75 Å². The lowest BCUT2D eigenvalue weighted by atomic mass is 9.80. The van der Waals surface area contributed by atoms with Crippen LogP contribution in [0.4, 0.5) is 18.9 Å². The first-order valence-electron chi connectivity index (χ1n) is 10.0. The molecule has 2 aromatic carbocycles. The smallest absolute Gasteiger partial charge is 0.466 e. The number of anilines is 1. The molecule has 0 bridgehead atoms. The summed E-state index contributed by atoms with van der Waals surface area (Å²) in [6.45, 7) is 0. The molecule has 0 aliphatic carbocycles. The lowest BCUT2D eigenvalue weighted by molar-refractivity contribution is -0.274. The first-order valence-corrected chi connectivity index (χ1v) is 10.0. The van der Waals surface area contributed by atoms with Crippen LogP contribution >= 0.6 is 0 Å². The second-order valence-corrected chi connectivity index (χ2v) is 7.17. The van der Waals surface area contributed by atoms with Crippen molar-refractivity contribution in [3.05, 3.63) is 82.3 Å². The standard InChI is InChI=1S/C24H17F3N4O5/c1-34-22(32)19-18(13-6-4-3-5-7-13)16(12-29)21(30)31(20(19)23(33)35-2)17-10-15(36-24(25,26)27)9-8-14(17)11-28/h3-10,18H,30H2,1-2H3. The van der Waals surface area contributed by atoms with Crippen molar-refractivity contribution in [3.8, 4) is 17.9 Å². The predicted octanol–water partition coefficient (Wildman–Crippen LogP) is 3.35. The monoisotopic (exact) mass is 498 g/mol. The van der Waals surface area contributed by atoms with Gasteiger partial charge >= 0.3 is 18.3 Å². The average Bonchev–Trinajstić information content (AvgIpc) is 2.86. The number of esters is 2. The third-order valence-corrected chi connectivity index (χ3v) is 5.17. The number of rotatable bonds is 5. The Labute approximate surface area is 203 Å². The van der Waals surface area contributed by atoms with E-state index in [2.05, 4.69) is 4.74 Å². The SMILES string of the molecule is COC(=O)C1=C(C(=O)OC)N(c2cc(OC(F)(F)F)ccc2C#N)C(N)=C(C#N)C1c1ccccc1. The molecule has 0 aromatic heterocycles. The van der Waals surface area contributed by atoms with Crippen LogP contribution in [-0.4, -0.2) is 32.5 Å². The van der Waals surface area contributed by atoms with Crippen molar-refractivity contribution < 1.29 is 37.0 Å². The number of methoxy groups -OCH3 is 2. The molecule has 1 heterocycles. The van der Waals surface area contributed by atoms with Gasteiger partial charge in [-0.3, -0.25) is 4.90 Å². The van der Waals surface area contributed by atoms with E-state index in [0.717, 1.165) is 37.3 Å². The molecule has 0 radical (unpaired) electrons. The van der Waals surface area contributed by atoms with Gasteiger partial charge in [0.25, 0.3) is 0 Å². The number of alkyl halides is 3. The summed E-state index contributed by atoms with van der Waals surface area (Å²) in [6, 6.07) is 14.5. The van der Waals surface area contributed by atoms with Crippen molar-refractivity contribution in [2.45, 2.75) is 12.3 Å². The maximum atomic E-state index is 13.0. The van der Waals surface area contributed by atoms with E-state index >= 15 is 0 Å². The summed E-state index contributed by atoms with van der Waals surface area (Å²) >= 11 is 0. The Balaban J connectivity index is 2.44. The van der Waals surface area contributed by atoms with Crippen molar-refractivity contribution in [2.24, 2.45) is 5.73 Å². The van der Waals surface area contributed by atoms with E-state index in [1.165, 1.54) is 0 Å². The molecule has 36 heavy (non-hydrogen) atoms. The maximum Gasteiger partial charge on any atom is 0.573 e. The van der Waals surface area contributed by atoms with Gasteiger partial charge in [0.2, 0.25) is 0 Å². The van der Waals surface area contributed by atoms with Crippen molar-refractivity contribution in [1.82, 2.24) is 0 Å². The zero-order valence-corrected chi connectivity index (χ0v) is 18.8. The van der Waals surface area contributed by atoms with Crippen molar-refractivity contribution >= 4 is 17.6 Å². The second-order valence-electron chi connectivity index (χ2n) is 7.17. The minimum Gasteiger partial charge on any atom is -0.466 e. The normalized spacial score (nSPS) is 15.6. The van der Waals surface area contributed by atoms with Gasteiger partial charge in [-0.05, 0) is 17.7 Å². The highest BCUT2D eigenvalue weighted by Crippen LogP contribution is 2.44. The summed E-state index contributed by atoms with van der Waals surface area (Å²) in [4.78, 5) is 26.9. The summed E-state index contributed by atoms with van der Waals surface area (Å²) in [7, 11) is 2.05. The van der Waals surface area contributed by atoms with Gasteiger partial charge in [-0.1, -0.05) is 30.3 Å². The van der Waals surface area contributed by atoms with E-state index in [4.69, 9.17) is 15.2 Å². The Morgan fingerprint density at radius 1 is 1.00 bits per heavy atom. The Morgan fingerprint density at radius 2 is 1.64 bits per heavy atom. The van der Waals surface area contributed by atoms with Crippen LogP contribution in [0.3, 0.4) is 0 Å². The summed E-state index contributed by atoms with van der Waals surface area (Å²) in [5.41, 5.74) is 4.95. The first-order chi connectivity index (χ1) is 17.1. The highest BCUT2D eigenvalue weighted by Gasteiger charge is 2.43. The van der Waals surface area contributed by atoms with Gasteiger partial charge in [0.05, 0.1) is 48.6 Å². The van der Waals surface area contributed by atoms with Gasteiger partial charge in [-0.2, -0.15) is 10.5 Å². The number of nitrogens with two attached hydrogens (primary N) is 1. The van der Waals surface area contributed by atoms with Gasteiger partial charge in [-0.25, -0.2) is 9.59 Å². The van der Waals surface area contributed by atoms with Crippen LogP contribution in [0.2, 0.25) is 0 Å². The number of carbonyl (C=O) groups is 2. The molecule has 1 aliphatic rings. The zero-order chi connectivity index (χ0) is 26.6.